The maximum Gasteiger partial charge on any atom is 0.265 e. The van der Waals surface area contributed by atoms with Crippen molar-refractivity contribution >= 4 is 11.6 Å². The minimum atomic E-state index is -0.594. The molecule has 1 aliphatic carbocycles. The fourth-order valence-corrected chi connectivity index (χ4v) is 3.20. The number of hydrogen-bond acceptors (Lipinski definition) is 3. The quantitative estimate of drug-likeness (QED) is 0.814. The molecule has 0 bridgehead atoms. The van der Waals surface area contributed by atoms with Gasteiger partial charge in [0.1, 0.15) is 11.5 Å². The van der Waals surface area contributed by atoms with Crippen molar-refractivity contribution in [3.8, 4) is 11.5 Å². The first-order valence-corrected chi connectivity index (χ1v) is 9.38. The zero-order valence-electron chi connectivity index (χ0n) is 15.7. The van der Waals surface area contributed by atoms with E-state index in [1.54, 1.807) is 6.92 Å². The molecule has 0 aromatic heterocycles. The molecule has 138 valence electrons. The van der Waals surface area contributed by atoms with Gasteiger partial charge in [0, 0.05) is 0 Å². The molecule has 1 aliphatic rings. The lowest BCUT2D eigenvalue weighted by molar-refractivity contribution is -0.122. The van der Waals surface area contributed by atoms with Crippen molar-refractivity contribution in [1.82, 2.24) is 0 Å². The van der Waals surface area contributed by atoms with Crippen LogP contribution in [-0.2, 0) is 17.6 Å². The highest BCUT2D eigenvalue weighted by atomic mass is 16.5. The van der Waals surface area contributed by atoms with E-state index < -0.39 is 6.10 Å². The predicted octanol–water partition coefficient (Wildman–Crippen LogP) is 4.76. The van der Waals surface area contributed by atoms with Gasteiger partial charge in [0.05, 0.1) is 11.8 Å². The third kappa shape index (κ3) is 4.57. The number of aryl methyl sites for hydroxylation is 2. The number of rotatable bonds is 6. The summed E-state index contributed by atoms with van der Waals surface area (Å²) in [6.07, 6.45) is 4.15. The summed E-state index contributed by atoms with van der Waals surface area (Å²) in [6, 6.07) is 13.6. The first-order valence-electron chi connectivity index (χ1n) is 9.38. The average molecular weight is 353 g/mol. The van der Waals surface area contributed by atoms with E-state index in [-0.39, 0.29) is 12.0 Å². The van der Waals surface area contributed by atoms with Crippen LogP contribution in [0.5, 0.6) is 11.5 Å². The zero-order valence-corrected chi connectivity index (χ0v) is 15.7. The van der Waals surface area contributed by atoms with Crippen molar-refractivity contribution in [2.75, 3.05) is 5.32 Å². The Hall–Kier alpha value is -2.49. The van der Waals surface area contributed by atoms with Gasteiger partial charge in [0.25, 0.3) is 5.91 Å². The number of ether oxygens (including phenoxy) is 2. The van der Waals surface area contributed by atoms with E-state index in [0.29, 0.717) is 11.4 Å². The van der Waals surface area contributed by atoms with Crippen LogP contribution in [0.25, 0.3) is 0 Å². The summed E-state index contributed by atoms with van der Waals surface area (Å²) in [5.41, 5.74) is 3.41. The summed E-state index contributed by atoms with van der Waals surface area (Å²) in [5, 5.41) is 2.91. The Bertz CT molecular complexity index is 770. The number of nitrogens with one attached hydrogen (secondary N) is 1. The number of hydrogen-bond donors (Lipinski definition) is 1. The second-order valence-corrected chi connectivity index (χ2v) is 7.05. The fraction of sp³-hybridized carbons (Fsp3) is 0.409. The van der Waals surface area contributed by atoms with Crippen LogP contribution in [-0.4, -0.2) is 18.1 Å². The Morgan fingerprint density at radius 3 is 2.46 bits per heavy atom. The summed E-state index contributed by atoms with van der Waals surface area (Å²) in [7, 11) is 0. The van der Waals surface area contributed by atoms with Gasteiger partial charge in [-0.3, -0.25) is 4.79 Å². The molecule has 26 heavy (non-hydrogen) atoms. The Kier molecular flexibility index (Phi) is 5.82. The minimum absolute atomic E-state index is 0.0391. The van der Waals surface area contributed by atoms with E-state index in [4.69, 9.17) is 9.47 Å². The van der Waals surface area contributed by atoms with Crippen LogP contribution < -0.4 is 14.8 Å². The number of fused-ring (bicyclic) bond motifs is 1. The molecule has 2 aromatic rings. The van der Waals surface area contributed by atoms with E-state index in [1.807, 2.05) is 44.2 Å². The van der Waals surface area contributed by atoms with Crippen molar-refractivity contribution in [2.24, 2.45) is 0 Å². The number of para-hydroxylation sites is 2. The van der Waals surface area contributed by atoms with Gasteiger partial charge in [-0.2, -0.15) is 0 Å². The van der Waals surface area contributed by atoms with Gasteiger partial charge >= 0.3 is 0 Å². The normalized spacial score (nSPS) is 14.5. The van der Waals surface area contributed by atoms with Crippen LogP contribution in [0.3, 0.4) is 0 Å². The SMILES string of the molecule is CC(C)Oc1ccccc1NC(=O)[C@@H](C)Oc1ccc2c(c1)CCCC2. The molecule has 3 rings (SSSR count). The average Bonchev–Trinajstić information content (AvgIpc) is 2.62. The van der Waals surface area contributed by atoms with Crippen LogP contribution >= 0.6 is 0 Å². The number of carbonyl (C=O) groups excluding carboxylic acids is 1. The summed E-state index contributed by atoms with van der Waals surface area (Å²) >= 11 is 0. The number of carbonyl (C=O) groups is 1. The second kappa shape index (κ2) is 8.26. The highest BCUT2D eigenvalue weighted by Gasteiger charge is 2.18. The number of amides is 1. The lowest BCUT2D eigenvalue weighted by Crippen LogP contribution is -2.30. The number of benzene rings is 2. The smallest absolute Gasteiger partial charge is 0.265 e. The van der Waals surface area contributed by atoms with Crippen molar-refractivity contribution in [2.45, 2.75) is 58.7 Å². The van der Waals surface area contributed by atoms with Crippen molar-refractivity contribution < 1.29 is 14.3 Å². The zero-order chi connectivity index (χ0) is 18.5. The van der Waals surface area contributed by atoms with Gasteiger partial charge in [-0.25, -0.2) is 0 Å². The Labute approximate surface area is 155 Å². The summed E-state index contributed by atoms with van der Waals surface area (Å²) in [6.45, 7) is 5.68. The summed E-state index contributed by atoms with van der Waals surface area (Å²) in [4.78, 5) is 12.6. The third-order valence-corrected chi connectivity index (χ3v) is 4.51. The molecule has 0 aliphatic heterocycles. The van der Waals surface area contributed by atoms with Gasteiger partial charge in [0.15, 0.2) is 6.10 Å². The van der Waals surface area contributed by atoms with Crippen LogP contribution in [0.1, 0.15) is 44.7 Å². The lowest BCUT2D eigenvalue weighted by Gasteiger charge is -2.20. The van der Waals surface area contributed by atoms with Gasteiger partial charge < -0.3 is 14.8 Å². The first-order chi connectivity index (χ1) is 12.5. The van der Waals surface area contributed by atoms with E-state index in [2.05, 4.69) is 17.4 Å². The molecular formula is C22H27NO3. The van der Waals surface area contributed by atoms with Crippen molar-refractivity contribution in [1.29, 1.82) is 0 Å². The predicted molar refractivity (Wildman–Crippen MR) is 104 cm³/mol. The van der Waals surface area contributed by atoms with Gasteiger partial charge in [-0.05, 0) is 81.8 Å². The number of anilines is 1. The highest BCUT2D eigenvalue weighted by molar-refractivity contribution is 5.95. The Morgan fingerprint density at radius 2 is 1.69 bits per heavy atom. The third-order valence-electron chi connectivity index (χ3n) is 4.51. The lowest BCUT2D eigenvalue weighted by atomic mass is 9.92. The molecule has 0 unspecified atom stereocenters. The summed E-state index contributed by atoms with van der Waals surface area (Å²) in [5.74, 6) is 1.22. The molecule has 2 aromatic carbocycles. The van der Waals surface area contributed by atoms with Crippen LogP contribution in [0.2, 0.25) is 0 Å². The highest BCUT2D eigenvalue weighted by Crippen LogP contribution is 2.27. The maximum atomic E-state index is 12.6. The topological polar surface area (TPSA) is 47.6 Å². The molecule has 0 radical (unpaired) electrons. The fourth-order valence-electron chi connectivity index (χ4n) is 3.20. The molecule has 1 amide bonds. The van der Waals surface area contributed by atoms with E-state index in [1.165, 1.54) is 24.0 Å². The van der Waals surface area contributed by atoms with Crippen molar-refractivity contribution in [3.63, 3.8) is 0 Å². The monoisotopic (exact) mass is 353 g/mol. The molecule has 1 atom stereocenters. The first kappa shape index (κ1) is 18.3. The molecule has 0 saturated carbocycles. The minimum Gasteiger partial charge on any atom is -0.489 e. The van der Waals surface area contributed by atoms with Crippen molar-refractivity contribution in [3.05, 3.63) is 53.6 Å². The van der Waals surface area contributed by atoms with E-state index in [9.17, 15) is 4.79 Å². The Morgan fingerprint density at radius 1 is 0.962 bits per heavy atom. The van der Waals surface area contributed by atoms with E-state index in [0.717, 1.165) is 18.6 Å². The standard InChI is InChI=1S/C22H27NO3/c1-15(2)25-21-11-7-6-10-20(21)23-22(24)16(3)26-19-13-12-17-8-4-5-9-18(17)14-19/h6-7,10-16H,4-5,8-9H2,1-3H3,(H,23,24)/t16-/m1/s1. The molecular weight excluding hydrogens is 326 g/mol. The summed E-state index contributed by atoms with van der Waals surface area (Å²) < 4.78 is 11.6. The van der Waals surface area contributed by atoms with Gasteiger partial charge in [0.2, 0.25) is 0 Å². The van der Waals surface area contributed by atoms with Gasteiger partial charge in [-0.15, -0.1) is 0 Å². The Balaban J connectivity index is 1.65. The molecule has 0 fully saturated rings. The molecule has 0 spiro atoms. The van der Waals surface area contributed by atoms with E-state index >= 15 is 0 Å². The molecule has 4 nitrogen and oxygen atoms in total. The molecule has 4 heteroatoms. The van der Waals surface area contributed by atoms with Gasteiger partial charge in [-0.1, -0.05) is 18.2 Å². The molecule has 1 N–H and O–H groups in total. The molecule has 0 heterocycles. The van der Waals surface area contributed by atoms with Crippen LogP contribution in [0.4, 0.5) is 5.69 Å². The largest absolute Gasteiger partial charge is 0.489 e. The molecule has 0 saturated heterocycles. The second-order valence-electron chi connectivity index (χ2n) is 7.05. The van der Waals surface area contributed by atoms with Crippen LogP contribution in [0, 0.1) is 0 Å². The van der Waals surface area contributed by atoms with Crippen LogP contribution in [0.15, 0.2) is 42.5 Å². The maximum absolute atomic E-state index is 12.6.